The van der Waals surface area contributed by atoms with Gasteiger partial charge in [0.25, 0.3) is 0 Å². The zero-order chi connectivity index (χ0) is 9.97. The topological polar surface area (TPSA) is 12.9 Å². The summed E-state index contributed by atoms with van der Waals surface area (Å²) >= 11 is 2.32. The van der Waals surface area contributed by atoms with Crippen LogP contribution in [-0.2, 0) is 0 Å². The van der Waals surface area contributed by atoms with Crippen molar-refractivity contribution in [3.8, 4) is 11.3 Å². The molecule has 0 aliphatic rings. The normalized spacial score (nSPS) is 10.1. The van der Waals surface area contributed by atoms with E-state index in [2.05, 4.69) is 52.7 Å². The second kappa shape index (κ2) is 4.09. The van der Waals surface area contributed by atoms with E-state index in [0.717, 1.165) is 5.69 Å². The number of hydrogen-bond donors (Lipinski definition) is 0. The molecule has 0 aliphatic heterocycles. The molecule has 70 valence electrons. The van der Waals surface area contributed by atoms with E-state index in [-0.39, 0.29) is 0 Å². The molecule has 0 amide bonds. The third-order valence-corrected chi connectivity index (χ3v) is 2.81. The highest BCUT2D eigenvalue weighted by Crippen LogP contribution is 2.22. The van der Waals surface area contributed by atoms with Gasteiger partial charge in [-0.05, 0) is 59.3 Å². The van der Waals surface area contributed by atoms with Gasteiger partial charge in [-0.25, -0.2) is 0 Å². The van der Waals surface area contributed by atoms with E-state index in [1.165, 1.54) is 14.7 Å². The first-order valence-electron chi connectivity index (χ1n) is 4.45. The monoisotopic (exact) mass is 295 g/mol. The van der Waals surface area contributed by atoms with Crippen LogP contribution in [0, 0.1) is 10.5 Å². The maximum absolute atomic E-state index is 4.35. The molecule has 1 heterocycles. The average Bonchev–Trinajstić information content (AvgIpc) is 2.23. The first-order chi connectivity index (χ1) is 6.77. The number of halogens is 1. The van der Waals surface area contributed by atoms with Crippen molar-refractivity contribution >= 4 is 22.6 Å². The quantitative estimate of drug-likeness (QED) is 0.732. The van der Waals surface area contributed by atoms with Gasteiger partial charge in [-0.1, -0.05) is 12.1 Å². The molecule has 0 fully saturated rings. The Hall–Kier alpha value is -0.900. The maximum atomic E-state index is 4.35. The summed E-state index contributed by atoms with van der Waals surface area (Å²) in [6, 6.07) is 12.4. The summed E-state index contributed by atoms with van der Waals surface area (Å²) in [7, 11) is 0. The van der Waals surface area contributed by atoms with Crippen molar-refractivity contribution in [2.75, 3.05) is 0 Å². The first kappa shape index (κ1) is 9.65. The average molecular weight is 295 g/mol. The molecular formula is C12H10IN. The molecule has 0 atom stereocenters. The molecule has 2 heteroatoms. The van der Waals surface area contributed by atoms with Crippen LogP contribution in [-0.4, -0.2) is 4.98 Å². The number of nitrogens with zero attached hydrogens (tertiary/aromatic N) is 1. The number of aromatic nitrogens is 1. The van der Waals surface area contributed by atoms with Crippen molar-refractivity contribution in [1.29, 1.82) is 0 Å². The van der Waals surface area contributed by atoms with E-state index >= 15 is 0 Å². The molecule has 0 N–H and O–H groups in total. The predicted molar refractivity (Wildman–Crippen MR) is 67.1 cm³/mol. The molecule has 0 unspecified atom stereocenters. The lowest BCUT2D eigenvalue weighted by molar-refractivity contribution is 1.30. The Morgan fingerprint density at radius 1 is 1.14 bits per heavy atom. The van der Waals surface area contributed by atoms with E-state index in [9.17, 15) is 0 Å². The Bertz CT molecular complexity index is 437. The summed E-state index contributed by atoms with van der Waals surface area (Å²) in [6.07, 6.45) is 1.83. The van der Waals surface area contributed by atoms with Gasteiger partial charge in [0.15, 0.2) is 0 Å². The smallest absolute Gasteiger partial charge is 0.0704 e. The zero-order valence-electron chi connectivity index (χ0n) is 7.87. The Balaban J connectivity index is 2.57. The summed E-state index contributed by atoms with van der Waals surface area (Å²) < 4.78 is 1.24. The van der Waals surface area contributed by atoms with Crippen molar-refractivity contribution in [2.24, 2.45) is 0 Å². The molecule has 1 aromatic carbocycles. The molecule has 1 nitrogen and oxygen atoms in total. The molecule has 0 saturated heterocycles. The standard InChI is InChI=1S/C12H10IN/c1-9-5-6-10(13)8-11(9)12-4-2-3-7-14-12/h2-8H,1H3. The maximum Gasteiger partial charge on any atom is 0.0704 e. The lowest BCUT2D eigenvalue weighted by Crippen LogP contribution is -1.86. The van der Waals surface area contributed by atoms with Crippen LogP contribution in [0.4, 0.5) is 0 Å². The number of aryl methyl sites for hydroxylation is 1. The largest absolute Gasteiger partial charge is 0.256 e. The summed E-state index contributed by atoms with van der Waals surface area (Å²) in [5.41, 5.74) is 3.53. The molecule has 0 radical (unpaired) electrons. The molecular weight excluding hydrogens is 285 g/mol. The summed E-state index contributed by atoms with van der Waals surface area (Å²) in [5, 5.41) is 0. The first-order valence-corrected chi connectivity index (χ1v) is 5.53. The SMILES string of the molecule is Cc1ccc(I)cc1-c1ccccn1. The molecule has 2 rings (SSSR count). The van der Waals surface area contributed by atoms with E-state index in [1.54, 1.807) is 0 Å². The predicted octanol–water partition coefficient (Wildman–Crippen LogP) is 3.66. The fourth-order valence-corrected chi connectivity index (χ4v) is 1.88. The third-order valence-electron chi connectivity index (χ3n) is 2.14. The van der Waals surface area contributed by atoms with Gasteiger partial charge in [0, 0.05) is 15.3 Å². The number of rotatable bonds is 1. The van der Waals surface area contributed by atoms with Crippen molar-refractivity contribution in [2.45, 2.75) is 6.92 Å². The summed E-state index contributed by atoms with van der Waals surface area (Å²) in [4.78, 5) is 4.35. The minimum atomic E-state index is 1.04. The van der Waals surface area contributed by atoms with Crippen molar-refractivity contribution < 1.29 is 0 Å². The fourth-order valence-electron chi connectivity index (χ4n) is 1.39. The van der Waals surface area contributed by atoms with Crippen LogP contribution in [0.5, 0.6) is 0 Å². The minimum absolute atomic E-state index is 1.04. The Labute approximate surface area is 97.3 Å². The molecule has 1 aromatic heterocycles. The molecule has 0 aliphatic carbocycles. The highest BCUT2D eigenvalue weighted by Gasteiger charge is 2.02. The van der Waals surface area contributed by atoms with Crippen LogP contribution < -0.4 is 0 Å². The van der Waals surface area contributed by atoms with Crippen molar-refractivity contribution in [3.63, 3.8) is 0 Å². The lowest BCUT2D eigenvalue weighted by Gasteiger charge is -2.04. The lowest BCUT2D eigenvalue weighted by atomic mass is 10.1. The van der Waals surface area contributed by atoms with Gasteiger partial charge in [-0.3, -0.25) is 4.98 Å². The van der Waals surface area contributed by atoms with E-state index < -0.39 is 0 Å². The molecule has 0 saturated carbocycles. The molecule has 2 aromatic rings. The molecule has 14 heavy (non-hydrogen) atoms. The van der Waals surface area contributed by atoms with Gasteiger partial charge in [0.2, 0.25) is 0 Å². The van der Waals surface area contributed by atoms with E-state index in [1.807, 2.05) is 24.4 Å². The molecule has 0 spiro atoms. The highest BCUT2D eigenvalue weighted by molar-refractivity contribution is 14.1. The van der Waals surface area contributed by atoms with Gasteiger partial charge >= 0.3 is 0 Å². The van der Waals surface area contributed by atoms with Gasteiger partial charge in [-0.15, -0.1) is 0 Å². The van der Waals surface area contributed by atoms with Crippen LogP contribution >= 0.6 is 22.6 Å². The van der Waals surface area contributed by atoms with Crippen LogP contribution in [0.1, 0.15) is 5.56 Å². The third kappa shape index (κ3) is 1.95. The van der Waals surface area contributed by atoms with Crippen LogP contribution in [0.15, 0.2) is 42.6 Å². The molecule has 0 bridgehead atoms. The van der Waals surface area contributed by atoms with Crippen molar-refractivity contribution in [3.05, 3.63) is 51.7 Å². The van der Waals surface area contributed by atoms with E-state index in [0.29, 0.717) is 0 Å². The second-order valence-corrected chi connectivity index (χ2v) is 4.42. The van der Waals surface area contributed by atoms with Crippen LogP contribution in [0.2, 0.25) is 0 Å². The fraction of sp³-hybridized carbons (Fsp3) is 0.0833. The van der Waals surface area contributed by atoms with Gasteiger partial charge in [-0.2, -0.15) is 0 Å². The van der Waals surface area contributed by atoms with Gasteiger partial charge in [0.1, 0.15) is 0 Å². The van der Waals surface area contributed by atoms with Crippen LogP contribution in [0.25, 0.3) is 11.3 Å². The van der Waals surface area contributed by atoms with Crippen molar-refractivity contribution in [1.82, 2.24) is 4.98 Å². The Morgan fingerprint density at radius 3 is 2.71 bits per heavy atom. The van der Waals surface area contributed by atoms with Crippen LogP contribution in [0.3, 0.4) is 0 Å². The van der Waals surface area contributed by atoms with Gasteiger partial charge < -0.3 is 0 Å². The summed E-state index contributed by atoms with van der Waals surface area (Å²) in [6.45, 7) is 2.11. The summed E-state index contributed by atoms with van der Waals surface area (Å²) in [5.74, 6) is 0. The number of benzene rings is 1. The number of pyridine rings is 1. The zero-order valence-corrected chi connectivity index (χ0v) is 10.0. The number of hydrogen-bond acceptors (Lipinski definition) is 1. The Kier molecular flexibility index (Phi) is 2.82. The van der Waals surface area contributed by atoms with E-state index in [4.69, 9.17) is 0 Å². The Morgan fingerprint density at radius 2 is 2.00 bits per heavy atom. The highest BCUT2D eigenvalue weighted by atomic mass is 127. The second-order valence-electron chi connectivity index (χ2n) is 3.17. The minimum Gasteiger partial charge on any atom is -0.256 e. The van der Waals surface area contributed by atoms with Gasteiger partial charge in [0.05, 0.1) is 5.69 Å².